The summed E-state index contributed by atoms with van der Waals surface area (Å²) in [6.45, 7) is 0. The Morgan fingerprint density at radius 2 is 1.77 bits per heavy atom. The van der Waals surface area contributed by atoms with Crippen LogP contribution < -0.4 is 5.73 Å². The van der Waals surface area contributed by atoms with E-state index in [9.17, 15) is 8.42 Å². The molecule has 0 bridgehead atoms. The van der Waals surface area contributed by atoms with Crippen LogP contribution >= 0.6 is 12.4 Å². The third-order valence-corrected chi connectivity index (χ3v) is 3.32. The molecule has 0 amide bonds. The zero-order valence-electron chi connectivity index (χ0n) is 6.60. The molecule has 2 N–H and O–H groups in total. The van der Waals surface area contributed by atoms with Gasteiger partial charge in [-0.2, -0.15) is 0 Å². The summed E-state index contributed by atoms with van der Waals surface area (Å²) in [5.41, 5.74) is 6.44. The highest BCUT2D eigenvalue weighted by Crippen LogP contribution is 2.29. The van der Waals surface area contributed by atoms with E-state index in [-0.39, 0.29) is 12.4 Å². The predicted molar refractivity (Wildman–Crippen MR) is 53.0 cm³/mol. The third-order valence-electron chi connectivity index (χ3n) is 1.79. The van der Waals surface area contributed by atoms with E-state index in [1.165, 1.54) is 0 Å². The summed E-state index contributed by atoms with van der Waals surface area (Å²) >= 11 is 0. The van der Waals surface area contributed by atoms with E-state index in [0.717, 1.165) is 5.41 Å². The molecule has 0 spiro atoms. The quantitative estimate of drug-likeness (QED) is 0.709. The van der Waals surface area contributed by atoms with E-state index in [0.29, 0.717) is 16.2 Å². The van der Waals surface area contributed by atoms with Gasteiger partial charge in [0.15, 0.2) is 0 Å². The molecule has 0 radical (unpaired) electrons. The van der Waals surface area contributed by atoms with Crippen molar-refractivity contribution in [2.24, 2.45) is 5.73 Å². The standard InChI is InChI=1S/C8H7NO2S.ClH/c9-7-5-12(10,11)8-4-2-1-3-6(7)8;/h1-5H,9H2;1H. The highest BCUT2D eigenvalue weighted by Gasteiger charge is 2.24. The SMILES string of the molecule is Cl.NC1=CS(=O)(=O)c2ccccc21. The number of hydrogen-bond donors (Lipinski definition) is 1. The second-order valence-corrected chi connectivity index (χ2v) is 4.38. The largest absolute Gasteiger partial charge is 0.398 e. The molecule has 1 aliphatic heterocycles. The van der Waals surface area contributed by atoms with Crippen LogP contribution in [0, 0.1) is 0 Å². The van der Waals surface area contributed by atoms with Crippen LogP contribution in [0.25, 0.3) is 5.70 Å². The molecule has 1 aromatic rings. The van der Waals surface area contributed by atoms with Crippen LogP contribution in [0.4, 0.5) is 0 Å². The first-order valence-electron chi connectivity index (χ1n) is 3.43. The molecule has 13 heavy (non-hydrogen) atoms. The van der Waals surface area contributed by atoms with Crippen LogP contribution in [0.3, 0.4) is 0 Å². The van der Waals surface area contributed by atoms with Crippen molar-refractivity contribution in [1.82, 2.24) is 0 Å². The topological polar surface area (TPSA) is 60.2 Å². The average Bonchev–Trinajstić information content (AvgIpc) is 2.25. The van der Waals surface area contributed by atoms with Crippen LogP contribution in [-0.2, 0) is 9.84 Å². The number of nitrogens with two attached hydrogens (primary N) is 1. The van der Waals surface area contributed by atoms with Crippen molar-refractivity contribution < 1.29 is 8.42 Å². The van der Waals surface area contributed by atoms with Gasteiger partial charge in [-0.15, -0.1) is 12.4 Å². The van der Waals surface area contributed by atoms with Gasteiger partial charge < -0.3 is 5.73 Å². The second-order valence-electron chi connectivity index (χ2n) is 2.61. The van der Waals surface area contributed by atoms with Crippen LogP contribution in [0.5, 0.6) is 0 Å². The van der Waals surface area contributed by atoms with Gasteiger partial charge in [-0.3, -0.25) is 0 Å². The minimum atomic E-state index is -3.24. The monoisotopic (exact) mass is 217 g/mol. The van der Waals surface area contributed by atoms with E-state index in [4.69, 9.17) is 5.73 Å². The lowest BCUT2D eigenvalue weighted by molar-refractivity contribution is 0.605. The summed E-state index contributed by atoms with van der Waals surface area (Å²) in [4.78, 5) is 0.308. The Bertz CT molecular complexity index is 465. The predicted octanol–water partition coefficient (Wildman–Crippen LogP) is 1.15. The Balaban J connectivity index is 0.000000845. The molecule has 0 unspecified atom stereocenters. The molecule has 1 aliphatic rings. The molecule has 5 heteroatoms. The summed E-state index contributed by atoms with van der Waals surface area (Å²) in [6, 6.07) is 6.70. The fourth-order valence-corrected chi connectivity index (χ4v) is 2.60. The van der Waals surface area contributed by atoms with E-state index >= 15 is 0 Å². The van der Waals surface area contributed by atoms with Gasteiger partial charge in [0.1, 0.15) is 0 Å². The zero-order valence-corrected chi connectivity index (χ0v) is 8.23. The van der Waals surface area contributed by atoms with Gasteiger partial charge in [-0.25, -0.2) is 8.42 Å². The van der Waals surface area contributed by atoms with E-state index in [1.807, 2.05) is 0 Å². The highest BCUT2D eigenvalue weighted by molar-refractivity contribution is 7.94. The Morgan fingerprint density at radius 3 is 2.38 bits per heavy atom. The minimum Gasteiger partial charge on any atom is -0.398 e. The first kappa shape index (κ1) is 10.1. The van der Waals surface area contributed by atoms with Gasteiger partial charge in [0.25, 0.3) is 0 Å². The number of hydrogen-bond acceptors (Lipinski definition) is 3. The van der Waals surface area contributed by atoms with E-state index in [1.54, 1.807) is 24.3 Å². The van der Waals surface area contributed by atoms with Crippen LogP contribution in [0.15, 0.2) is 34.6 Å². The minimum absolute atomic E-state index is 0. The Labute approximate surface area is 82.6 Å². The lowest BCUT2D eigenvalue weighted by atomic mass is 10.2. The molecule has 1 heterocycles. The molecule has 0 saturated carbocycles. The van der Waals surface area contributed by atoms with Crippen molar-refractivity contribution in [2.75, 3.05) is 0 Å². The van der Waals surface area contributed by atoms with Crippen molar-refractivity contribution in [3.05, 3.63) is 35.2 Å². The fraction of sp³-hybridized carbons (Fsp3) is 0. The number of rotatable bonds is 0. The Kier molecular flexibility index (Phi) is 2.36. The molecule has 3 nitrogen and oxygen atoms in total. The maximum absolute atomic E-state index is 11.3. The van der Waals surface area contributed by atoms with Gasteiger partial charge in [0.05, 0.1) is 16.0 Å². The molecule has 0 fully saturated rings. The lowest BCUT2D eigenvalue weighted by Crippen LogP contribution is -1.93. The maximum atomic E-state index is 11.3. The molecule has 70 valence electrons. The molecule has 1 aromatic carbocycles. The van der Waals surface area contributed by atoms with Crippen molar-refractivity contribution in [3.8, 4) is 0 Å². The zero-order chi connectivity index (χ0) is 8.77. The molecule has 0 saturated heterocycles. The first-order chi connectivity index (χ1) is 5.61. The van der Waals surface area contributed by atoms with Gasteiger partial charge >= 0.3 is 0 Å². The molecule has 0 aliphatic carbocycles. The molecule has 2 rings (SSSR count). The fourth-order valence-electron chi connectivity index (χ4n) is 1.25. The summed E-state index contributed by atoms with van der Waals surface area (Å²) in [7, 11) is -3.24. The van der Waals surface area contributed by atoms with E-state index in [2.05, 4.69) is 0 Å². The lowest BCUT2D eigenvalue weighted by Gasteiger charge is -1.96. The smallest absolute Gasteiger partial charge is 0.202 e. The van der Waals surface area contributed by atoms with Crippen LogP contribution in [-0.4, -0.2) is 8.42 Å². The van der Waals surface area contributed by atoms with Crippen LogP contribution in [0.2, 0.25) is 0 Å². The van der Waals surface area contributed by atoms with Crippen molar-refractivity contribution in [1.29, 1.82) is 0 Å². The molecular formula is C8H8ClNO2S. The summed E-state index contributed by atoms with van der Waals surface area (Å²) < 4.78 is 22.6. The maximum Gasteiger partial charge on any atom is 0.202 e. The van der Waals surface area contributed by atoms with Crippen molar-refractivity contribution in [2.45, 2.75) is 4.90 Å². The van der Waals surface area contributed by atoms with Gasteiger partial charge in [-0.05, 0) is 6.07 Å². The van der Waals surface area contributed by atoms with Gasteiger partial charge in [0.2, 0.25) is 9.84 Å². The van der Waals surface area contributed by atoms with Gasteiger partial charge in [-0.1, -0.05) is 18.2 Å². The summed E-state index contributed by atoms with van der Waals surface area (Å²) in [6.07, 6.45) is 0. The first-order valence-corrected chi connectivity index (χ1v) is 4.97. The van der Waals surface area contributed by atoms with Crippen molar-refractivity contribution >= 4 is 27.9 Å². The number of fused-ring (bicyclic) bond motifs is 1. The second kappa shape index (κ2) is 3.05. The van der Waals surface area contributed by atoms with Crippen molar-refractivity contribution in [3.63, 3.8) is 0 Å². The number of halogens is 1. The highest BCUT2D eigenvalue weighted by atomic mass is 35.5. The average molecular weight is 218 g/mol. The number of sulfone groups is 1. The normalized spacial score (nSPS) is 17.1. The molecule has 0 atom stereocenters. The summed E-state index contributed by atoms with van der Waals surface area (Å²) in [5.74, 6) is 0. The summed E-state index contributed by atoms with van der Waals surface area (Å²) in [5, 5.41) is 1.09. The Hall–Kier alpha value is -1.00. The molecule has 0 aromatic heterocycles. The third kappa shape index (κ3) is 1.43. The number of benzene rings is 1. The van der Waals surface area contributed by atoms with Crippen LogP contribution in [0.1, 0.15) is 5.56 Å². The van der Waals surface area contributed by atoms with E-state index < -0.39 is 9.84 Å². The Morgan fingerprint density at radius 1 is 1.15 bits per heavy atom. The van der Waals surface area contributed by atoms with Gasteiger partial charge in [0, 0.05) is 5.56 Å². The molecular weight excluding hydrogens is 210 g/mol.